The molecule has 0 spiro atoms. The van der Waals surface area contributed by atoms with Crippen LogP contribution in [0.5, 0.6) is 11.5 Å². The molecule has 2 aromatic carbocycles. The highest BCUT2D eigenvalue weighted by Gasteiger charge is 2.37. The molecule has 35 heavy (non-hydrogen) atoms. The molecule has 2 bridgehead atoms. The van der Waals surface area contributed by atoms with Crippen molar-refractivity contribution in [2.45, 2.75) is 63.1 Å². The van der Waals surface area contributed by atoms with Crippen molar-refractivity contribution in [3.63, 3.8) is 0 Å². The molecule has 1 saturated heterocycles. The van der Waals surface area contributed by atoms with Crippen molar-refractivity contribution in [2.75, 3.05) is 0 Å². The third-order valence-corrected chi connectivity index (χ3v) is 6.83. The molecule has 2 atom stereocenters. The zero-order valence-corrected chi connectivity index (χ0v) is 19.2. The van der Waals surface area contributed by atoms with Crippen molar-refractivity contribution in [1.82, 2.24) is 4.90 Å². The van der Waals surface area contributed by atoms with Gasteiger partial charge in [-0.1, -0.05) is 11.6 Å². The summed E-state index contributed by atoms with van der Waals surface area (Å²) in [5, 5.41) is 9.36. The van der Waals surface area contributed by atoms with Crippen molar-refractivity contribution in [3.8, 4) is 11.5 Å². The topological polar surface area (TPSA) is 59.0 Å². The van der Waals surface area contributed by atoms with Crippen molar-refractivity contribution in [2.24, 2.45) is 0 Å². The number of ether oxygens (including phenoxy) is 2. The molecule has 2 aromatic rings. The van der Waals surface area contributed by atoms with Crippen LogP contribution >= 0.6 is 11.6 Å². The summed E-state index contributed by atoms with van der Waals surface area (Å²) in [6.45, 7) is 0.465. The zero-order chi connectivity index (χ0) is 24.9. The first kappa shape index (κ1) is 23.8. The van der Waals surface area contributed by atoms with Gasteiger partial charge < -0.3 is 19.5 Å². The van der Waals surface area contributed by atoms with Gasteiger partial charge in [-0.3, -0.25) is 0 Å². The second-order valence-electron chi connectivity index (χ2n) is 9.15. The summed E-state index contributed by atoms with van der Waals surface area (Å²) >= 11 is 5.95. The number of carbonyl (C=O) groups is 1. The molecular formula is C25H22ClF4NO4. The van der Waals surface area contributed by atoms with Crippen LogP contribution < -0.4 is 9.47 Å². The fraction of sp³-hybridized carbons (Fsp3) is 0.400. The highest BCUT2D eigenvalue weighted by Crippen LogP contribution is 2.44. The Morgan fingerprint density at radius 2 is 1.86 bits per heavy atom. The standard InChI is InChI=1S/C25H22ClF4NO4/c26-15-6-18(10-20(7-15)35-25(28,29)30)34-19-8-16-3-4-17(9-19)31(16)12-14-5-23(27)22(24(32)33)11-21(14)13-1-2-13/h5-8,10-11,13,17,19H,1-4,9,12H2,(H,32,33). The molecule has 10 heteroatoms. The highest BCUT2D eigenvalue weighted by molar-refractivity contribution is 6.30. The number of benzene rings is 2. The van der Waals surface area contributed by atoms with Crippen LogP contribution in [0, 0.1) is 5.82 Å². The van der Waals surface area contributed by atoms with Crippen molar-refractivity contribution < 1.29 is 36.9 Å². The highest BCUT2D eigenvalue weighted by atomic mass is 35.5. The van der Waals surface area contributed by atoms with E-state index in [0.29, 0.717) is 13.0 Å². The smallest absolute Gasteiger partial charge is 0.486 e. The molecule has 1 N–H and O–H groups in total. The summed E-state index contributed by atoms with van der Waals surface area (Å²) in [4.78, 5) is 13.6. The largest absolute Gasteiger partial charge is 0.573 e. The second-order valence-corrected chi connectivity index (χ2v) is 9.59. The molecule has 5 rings (SSSR count). The lowest BCUT2D eigenvalue weighted by Gasteiger charge is -2.35. The van der Waals surface area contributed by atoms with Gasteiger partial charge in [0.1, 0.15) is 23.4 Å². The van der Waals surface area contributed by atoms with Crippen molar-refractivity contribution in [3.05, 3.63) is 69.6 Å². The molecule has 2 heterocycles. The molecule has 0 amide bonds. The van der Waals surface area contributed by atoms with Gasteiger partial charge in [-0.2, -0.15) is 0 Å². The number of alkyl halides is 3. The maximum absolute atomic E-state index is 14.5. The number of hydrogen-bond acceptors (Lipinski definition) is 4. The van der Waals surface area contributed by atoms with Gasteiger partial charge in [-0.25, -0.2) is 9.18 Å². The van der Waals surface area contributed by atoms with Crippen molar-refractivity contribution >= 4 is 17.6 Å². The summed E-state index contributed by atoms with van der Waals surface area (Å²) in [7, 11) is 0. The van der Waals surface area contributed by atoms with E-state index in [1.807, 2.05) is 6.08 Å². The minimum Gasteiger partial charge on any atom is -0.486 e. The van der Waals surface area contributed by atoms with E-state index in [0.717, 1.165) is 54.6 Å². The first-order valence-corrected chi connectivity index (χ1v) is 11.7. The number of fused-ring (bicyclic) bond motifs is 2. The maximum Gasteiger partial charge on any atom is 0.573 e. The molecule has 2 fully saturated rings. The van der Waals surface area contributed by atoms with E-state index in [-0.39, 0.29) is 34.4 Å². The van der Waals surface area contributed by atoms with Gasteiger partial charge in [0, 0.05) is 35.8 Å². The number of carboxylic acids is 1. The first-order chi connectivity index (χ1) is 16.6. The Balaban J connectivity index is 1.34. The lowest BCUT2D eigenvalue weighted by Crippen LogP contribution is -2.37. The minimum absolute atomic E-state index is 0.0641. The molecular weight excluding hydrogens is 490 g/mol. The predicted molar refractivity (Wildman–Crippen MR) is 119 cm³/mol. The normalized spacial score (nSPS) is 21.6. The summed E-state index contributed by atoms with van der Waals surface area (Å²) in [6, 6.07) is 6.58. The van der Waals surface area contributed by atoms with Crippen LogP contribution in [0.3, 0.4) is 0 Å². The van der Waals surface area contributed by atoms with Gasteiger partial charge in [-0.05, 0) is 73.1 Å². The van der Waals surface area contributed by atoms with E-state index in [9.17, 15) is 27.5 Å². The maximum atomic E-state index is 14.5. The SMILES string of the molecule is O=C(O)c1cc(C2CC2)c(CN2C3=CC(Oc4cc(Cl)cc(OC(F)(F)F)c4)CC2CC3)cc1F. The number of rotatable bonds is 7. The van der Waals surface area contributed by atoms with Crippen LogP contribution in [0.4, 0.5) is 17.6 Å². The van der Waals surface area contributed by atoms with Gasteiger partial charge in [0.05, 0.1) is 5.56 Å². The Morgan fingerprint density at radius 1 is 1.11 bits per heavy atom. The molecule has 5 nitrogen and oxygen atoms in total. The predicted octanol–water partition coefficient (Wildman–Crippen LogP) is 6.65. The summed E-state index contributed by atoms with van der Waals surface area (Å²) in [5.74, 6) is -2.04. The van der Waals surface area contributed by atoms with Crippen LogP contribution in [-0.2, 0) is 6.54 Å². The van der Waals surface area contributed by atoms with E-state index < -0.39 is 23.9 Å². The molecule has 1 saturated carbocycles. The van der Waals surface area contributed by atoms with E-state index in [2.05, 4.69) is 9.64 Å². The van der Waals surface area contributed by atoms with Crippen LogP contribution in [0.2, 0.25) is 5.02 Å². The fourth-order valence-corrected chi connectivity index (χ4v) is 5.21. The average Bonchev–Trinajstić information content (AvgIpc) is 3.53. The number of halogens is 5. The van der Waals surface area contributed by atoms with Crippen LogP contribution in [0.25, 0.3) is 0 Å². The molecule has 3 aliphatic rings. The third-order valence-electron chi connectivity index (χ3n) is 6.61. The van der Waals surface area contributed by atoms with Crippen molar-refractivity contribution in [1.29, 1.82) is 0 Å². The van der Waals surface area contributed by atoms with E-state index >= 15 is 0 Å². The van der Waals surface area contributed by atoms with E-state index in [1.165, 1.54) is 18.2 Å². The summed E-state index contributed by atoms with van der Waals surface area (Å²) in [5.41, 5.74) is 2.39. The molecule has 1 aliphatic carbocycles. The average molecular weight is 512 g/mol. The van der Waals surface area contributed by atoms with Gasteiger partial charge in [0.15, 0.2) is 0 Å². The molecule has 2 unspecified atom stereocenters. The van der Waals surface area contributed by atoms with Gasteiger partial charge in [0.2, 0.25) is 0 Å². The summed E-state index contributed by atoms with van der Waals surface area (Å²) < 4.78 is 62.2. The molecule has 0 radical (unpaired) electrons. The Bertz CT molecular complexity index is 1190. The van der Waals surface area contributed by atoms with Crippen LogP contribution in [0.15, 0.2) is 42.1 Å². The number of allylic oxidation sites excluding steroid dienone is 1. The fourth-order valence-electron chi connectivity index (χ4n) is 5.00. The lowest BCUT2D eigenvalue weighted by atomic mass is 9.97. The van der Waals surface area contributed by atoms with Gasteiger partial charge >= 0.3 is 12.3 Å². The number of aromatic carboxylic acids is 1. The Labute approximate surface area is 203 Å². The van der Waals surface area contributed by atoms with E-state index in [4.69, 9.17) is 16.3 Å². The first-order valence-electron chi connectivity index (χ1n) is 11.3. The Morgan fingerprint density at radius 3 is 2.51 bits per heavy atom. The number of nitrogens with zero attached hydrogens (tertiary/aromatic N) is 1. The lowest BCUT2D eigenvalue weighted by molar-refractivity contribution is -0.274. The monoisotopic (exact) mass is 511 g/mol. The molecule has 0 aromatic heterocycles. The Hall–Kier alpha value is -2.94. The third kappa shape index (κ3) is 5.34. The van der Waals surface area contributed by atoms with Crippen LogP contribution in [0.1, 0.15) is 59.5 Å². The second kappa shape index (κ2) is 8.93. The quantitative estimate of drug-likeness (QED) is 0.422. The van der Waals surface area contributed by atoms with Gasteiger partial charge in [0.25, 0.3) is 0 Å². The molecule has 186 valence electrons. The number of hydrogen-bond donors (Lipinski definition) is 1. The van der Waals surface area contributed by atoms with E-state index in [1.54, 1.807) is 0 Å². The zero-order valence-electron chi connectivity index (χ0n) is 18.4. The minimum atomic E-state index is -4.84. The van der Waals surface area contributed by atoms with Gasteiger partial charge in [-0.15, -0.1) is 13.2 Å². The Kier molecular flexibility index (Phi) is 6.07. The van der Waals surface area contributed by atoms with Crippen LogP contribution in [-0.4, -0.2) is 34.5 Å². The summed E-state index contributed by atoms with van der Waals surface area (Å²) in [6.07, 6.45) is 0.928. The number of carboxylic acid groups (broad SMARTS) is 1. The molecule has 2 aliphatic heterocycles.